The van der Waals surface area contributed by atoms with Crippen LogP contribution < -0.4 is 5.73 Å². The van der Waals surface area contributed by atoms with E-state index in [4.69, 9.17) is 5.73 Å². The highest BCUT2D eigenvalue weighted by Crippen LogP contribution is 2.29. The Bertz CT molecular complexity index is 622. The average molecular weight is 301 g/mol. The molecule has 1 aromatic rings. The SMILES string of the molecule is CN(C)C(=O)C1CCCN1S(=O)(=O)c1cn(C)nc1N. The van der Waals surface area contributed by atoms with E-state index >= 15 is 0 Å². The number of rotatable bonds is 3. The summed E-state index contributed by atoms with van der Waals surface area (Å²) in [6.07, 6.45) is 2.54. The molecular formula is C11H19N5O3S. The van der Waals surface area contributed by atoms with Gasteiger partial charge in [-0.05, 0) is 12.8 Å². The molecule has 20 heavy (non-hydrogen) atoms. The van der Waals surface area contributed by atoms with Gasteiger partial charge in [0.1, 0.15) is 10.9 Å². The monoisotopic (exact) mass is 301 g/mol. The Kier molecular flexibility index (Phi) is 3.74. The molecule has 0 radical (unpaired) electrons. The lowest BCUT2D eigenvalue weighted by molar-refractivity contribution is -0.132. The number of carbonyl (C=O) groups is 1. The van der Waals surface area contributed by atoms with Crippen molar-refractivity contribution in [1.29, 1.82) is 0 Å². The smallest absolute Gasteiger partial charge is 0.249 e. The predicted octanol–water partition coefficient (Wildman–Crippen LogP) is -0.756. The summed E-state index contributed by atoms with van der Waals surface area (Å²) < 4.78 is 27.8. The standard InChI is InChI=1S/C11H19N5O3S/c1-14(2)11(17)8-5-4-6-16(8)20(18,19)9-7-15(3)13-10(9)12/h7-8H,4-6H2,1-3H3,(H2,12,13). The Morgan fingerprint density at radius 2 is 2.15 bits per heavy atom. The molecule has 1 saturated heterocycles. The van der Waals surface area contributed by atoms with Crippen molar-refractivity contribution in [2.75, 3.05) is 26.4 Å². The summed E-state index contributed by atoms with van der Waals surface area (Å²) in [5.41, 5.74) is 5.64. The number of hydrogen-bond donors (Lipinski definition) is 1. The maximum Gasteiger partial charge on any atom is 0.249 e. The zero-order valence-electron chi connectivity index (χ0n) is 11.8. The number of carbonyl (C=O) groups excluding carboxylic acids is 1. The van der Waals surface area contributed by atoms with Gasteiger partial charge in [-0.15, -0.1) is 0 Å². The van der Waals surface area contributed by atoms with Crippen LogP contribution in [-0.2, 0) is 21.9 Å². The predicted molar refractivity (Wildman–Crippen MR) is 73.2 cm³/mol. The van der Waals surface area contributed by atoms with Gasteiger partial charge >= 0.3 is 0 Å². The van der Waals surface area contributed by atoms with Crippen LogP contribution >= 0.6 is 0 Å². The van der Waals surface area contributed by atoms with E-state index in [1.165, 1.54) is 20.1 Å². The summed E-state index contributed by atoms with van der Waals surface area (Å²) >= 11 is 0. The van der Waals surface area contributed by atoms with Gasteiger partial charge in [0, 0.05) is 33.9 Å². The molecule has 0 aliphatic carbocycles. The first-order chi connectivity index (χ1) is 9.25. The molecule has 1 atom stereocenters. The molecule has 112 valence electrons. The Morgan fingerprint density at radius 1 is 1.50 bits per heavy atom. The van der Waals surface area contributed by atoms with Crippen molar-refractivity contribution < 1.29 is 13.2 Å². The minimum Gasteiger partial charge on any atom is -0.381 e. The highest BCUT2D eigenvalue weighted by atomic mass is 32.2. The first-order valence-corrected chi connectivity index (χ1v) is 7.71. The molecule has 0 aromatic carbocycles. The van der Waals surface area contributed by atoms with E-state index in [9.17, 15) is 13.2 Å². The second-order valence-corrected chi connectivity index (χ2v) is 6.92. The molecule has 0 spiro atoms. The Hall–Kier alpha value is -1.61. The lowest BCUT2D eigenvalue weighted by atomic mass is 10.2. The molecule has 8 nitrogen and oxygen atoms in total. The summed E-state index contributed by atoms with van der Waals surface area (Å²) in [6.45, 7) is 0.320. The van der Waals surface area contributed by atoms with Crippen molar-refractivity contribution in [2.24, 2.45) is 7.05 Å². The average Bonchev–Trinajstić information content (AvgIpc) is 2.95. The second kappa shape index (κ2) is 5.06. The molecule has 1 aliphatic heterocycles. The fraction of sp³-hybridized carbons (Fsp3) is 0.636. The van der Waals surface area contributed by atoms with Crippen LogP contribution in [0.4, 0.5) is 5.82 Å². The quantitative estimate of drug-likeness (QED) is 0.791. The van der Waals surface area contributed by atoms with Crippen molar-refractivity contribution in [1.82, 2.24) is 19.0 Å². The molecule has 1 aromatic heterocycles. The normalized spacial score (nSPS) is 20.2. The van der Waals surface area contributed by atoms with Crippen LogP contribution in [-0.4, -0.2) is 60.0 Å². The van der Waals surface area contributed by atoms with Crippen LogP contribution in [0.5, 0.6) is 0 Å². The van der Waals surface area contributed by atoms with Crippen LogP contribution in [0.2, 0.25) is 0 Å². The Morgan fingerprint density at radius 3 is 2.65 bits per heavy atom. The highest BCUT2D eigenvalue weighted by Gasteiger charge is 2.41. The molecule has 2 heterocycles. The largest absolute Gasteiger partial charge is 0.381 e. The van der Waals surface area contributed by atoms with Crippen LogP contribution in [0, 0.1) is 0 Å². The topological polar surface area (TPSA) is 102 Å². The van der Waals surface area contributed by atoms with Crippen molar-refractivity contribution in [2.45, 2.75) is 23.8 Å². The maximum absolute atomic E-state index is 12.6. The number of amides is 1. The minimum atomic E-state index is -3.80. The number of hydrogen-bond acceptors (Lipinski definition) is 5. The van der Waals surface area contributed by atoms with Gasteiger partial charge in [-0.1, -0.05) is 0 Å². The number of likely N-dealkylation sites (N-methyl/N-ethyl adjacent to an activating group) is 1. The summed E-state index contributed by atoms with van der Waals surface area (Å²) in [5, 5.41) is 3.85. The summed E-state index contributed by atoms with van der Waals surface area (Å²) in [5.74, 6) is -0.260. The molecule has 0 bridgehead atoms. The molecular weight excluding hydrogens is 282 g/mol. The number of aryl methyl sites for hydroxylation is 1. The molecule has 2 rings (SSSR count). The van der Waals surface area contributed by atoms with Gasteiger partial charge < -0.3 is 10.6 Å². The number of anilines is 1. The third-order valence-electron chi connectivity index (χ3n) is 3.34. The van der Waals surface area contributed by atoms with Crippen molar-refractivity contribution >= 4 is 21.7 Å². The maximum atomic E-state index is 12.6. The number of nitrogens with zero attached hydrogens (tertiary/aromatic N) is 4. The molecule has 1 aliphatic rings. The van der Waals surface area contributed by atoms with Gasteiger partial charge in [0.15, 0.2) is 5.82 Å². The third kappa shape index (κ3) is 2.38. The molecule has 2 N–H and O–H groups in total. The Balaban J connectivity index is 2.38. The molecule has 1 amide bonds. The molecule has 1 unspecified atom stereocenters. The van der Waals surface area contributed by atoms with Crippen LogP contribution in [0.25, 0.3) is 0 Å². The molecule has 9 heteroatoms. The van der Waals surface area contributed by atoms with Crippen molar-refractivity contribution in [3.05, 3.63) is 6.20 Å². The van der Waals surface area contributed by atoms with Crippen molar-refractivity contribution in [3.63, 3.8) is 0 Å². The number of sulfonamides is 1. The zero-order valence-corrected chi connectivity index (χ0v) is 12.6. The highest BCUT2D eigenvalue weighted by molar-refractivity contribution is 7.89. The second-order valence-electron chi connectivity index (χ2n) is 5.06. The fourth-order valence-corrected chi connectivity index (χ4v) is 4.13. The van der Waals surface area contributed by atoms with Gasteiger partial charge in [-0.25, -0.2) is 8.42 Å². The lowest BCUT2D eigenvalue weighted by Crippen LogP contribution is -2.45. The fourth-order valence-electron chi connectivity index (χ4n) is 2.38. The Labute approximate surface area is 118 Å². The van der Waals surface area contributed by atoms with Crippen LogP contribution in [0.3, 0.4) is 0 Å². The van der Waals surface area contributed by atoms with Gasteiger partial charge in [-0.3, -0.25) is 9.48 Å². The van der Waals surface area contributed by atoms with E-state index in [0.29, 0.717) is 19.4 Å². The first-order valence-electron chi connectivity index (χ1n) is 6.27. The zero-order chi connectivity index (χ0) is 15.1. The van der Waals surface area contributed by atoms with Crippen molar-refractivity contribution in [3.8, 4) is 0 Å². The van der Waals surface area contributed by atoms with E-state index in [2.05, 4.69) is 5.10 Å². The number of aromatic nitrogens is 2. The van der Waals surface area contributed by atoms with E-state index in [0.717, 1.165) is 0 Å². The van der Waals surface area contributed by atoms with Gasteiger partial charge in [0.05, 0.1) is 0 Å². The van der Waals surface area contributed by atoms with Crippen LogP contribution in [0.1, 0.15) is 12.8 Å². The minimum absolute atomic E-state index is 0.0431. The summed E-state index contributed by atoms with van der Waals surface area (Å²) in [6, 6.07) is -0.658. The molecule has 1 fully saturated rings. The molecule has 0 saturated carbocycles. The number of nitrogen functional groups attached to an aromatic ring is 1. The van der Waals surface area contributed by atoms with Crippen LogP contribution in [0.15, 0.2) is 11.1 Å². The van der Waals surface area contributed by atoms with Gasteiger partial charge in [0.2, 0.25) is 15.9 Å². The van der Waals surface area contributed by atoms with E-state index < -0.39 is 16.1 Å². The van der Waals surface area contributed by atoms with Gasteiger partial charge in [-0.2, -0.15) is 9.40 Å². The lowest BCUT2D eigenvalue weighted by Gasteiger charge is -2.25. The summed E-state index contributed by atoms with van der Waals surface area (Å²) in [4.78, 5) is 13.5. The summed E-state index contributed by atoms with van der Waals surface area (Å²) in [7, 11) is 1.03. The van der Waals surface area contributed by atoms with E-state index in [1.807, 2.05) is 0 Å². The van der Waals surface area contributed by atoms with Gasteiger partial charge in [0.25, 0.3) is 0 Å². The number of nitrogens with two attached hydrogens (primary N) is 1. The van der Waals surface area contributed by atoms with E-state index in [-0.39, 0.29) is 16.6 Å². The first kappa shape index (κ1) is 14.8. The third-order valence-corrected chi connectivity index (χ3v) is 5.26. The van der Waals surface area contributed by atoms with E-state index in [1.54, 1.807) is 21.1 Å².